The van der Waals surface area contributed by atoms with Crippen molar-refractivity contribution in [1.82, 2.24) is 9.88 Å². The third-order valence-electron chi connectivity index (χ3n) is 6.02. The molecule has 0 bridgehead atoms. The number of aromatic nitrogens is 1. The number of hydrogen-bond donors (Lipinski definition) is 2. The lowest BCUT2D eigenvalue weighted by molar-refractivity contribution is -0.274. The molecule has 3 aromatic rings. The summed E-state index contributed by atoms with van der Waals surface area (Å²) < 4.78 is 63.1. The van der Waals surface area contributed by atoms with Crippen LogP contribution in [0.4, 0.5) is 23.2 Å². The number of nitrogens with one attached hydrogen (secondary N) is 1. The SMILES string of the molecule is CC(C(=O)Nc1cc(-c2nc(-c3ccccc3F)ccc2C(N)=O)ccc1OC(F)(F)F)N1CCOCC1. The number of pyridine rings is 1. The Kier molecular flexibility index (Phi) is 7.93. The molecule has 2 amide bonds. The van der Waals surface area contributed by atoms with Crippen molar-refractivity contribution in [3.63, 3.8) is 0 Å². The van der Waals surface area contributed by atoms with Gasteiger partial charge in [-0.25, -0.2) is 9.37 Å². The van der Waals surface area contributed by atoms with Crippen LogP contribution in [0.3, 0.4) is 0 Å². The molecule has 1 unspecified atom stereocenters. The Hall–Kier alpha value is -4.03. The van der Waals surface area contributed by atoms with Crippen LogP contribution in [0.5, 0.6) is 5.75 Å². The first-order valence-electron chi connectivity index (χ1n) is 11.6. The topological polar surface area (TPSA) is 107 Å². The number of ether oxygens (including phenoxy) is 2. The number of amides is 2. The molecule has 1 aliphatic rings. The Morgan fingerprint density at radius 1 is 1.11 bits per heavy atom. The summed E-state index contributed by atoms with van der Waals surface area (Å²) in [5.41, 5.74) is 5.64. The van der Waals surface area contributed by atoms with Gasteiger partial charge < -0.3 is 20.5 Å². The van der Waals surface area contributed by atoms with Crippen LogP contribution in [0.1, 0.15) is 17.3 Å². The molecule has 0 spiro atoms. The molecule has 1 saturated heterocycles. The van der Waals surface area contributed by atoms with Gasteiger partial charge in [0, 0.05) is 24.2 Å². The second-order valence-electron chi connectivity index (χ2n) is 8.51. The van der Waals surface area contributed by atoms with Gasteiger partial charge in [-0.15, -0.1) is 13.2 Å². The van der Waals surface area contributed by atoms with Gasteiger partial charge in [-0.1, -0.05) is 12.1 Å². The van der Waals surface area contributed by atoms with E-state index in [1.54, 1.807) is 13.0 Å². The van der Waals surface area contributed by atoms with E-state index in [1.807, 2.05) is 4.90 Å². The predicted octanol–water partition coefficient (Wildman–Crippen LogP) is 4.21. The van der Waals surface area contributed by atoms with Crippen molar-refractivity contribution < 1.29 is 36.6 Å². The number of hydrogen-bond acceptors (Lipinski definition) is 6. The van der Waals surface area contributed by atoms with Crippen molar-refractivity contribution in [3.8, 4) is 28.3 Å². The molecule has 2 heterocycles. The minimum Gasteiger partial charge on any atom is -0.404 e. The summed E-state index contributed by atoms with van der Waals surface area (Å²) in [6.07, 6.45) is -5.03. The number of alkyl halides is 3. The van der Waals surface area contributed by atoms with E-state index >= 15 is 0 Å². The number of benzene rings is 2. The van der Waals surface area contributed by atoms with Crippen molar-refractivity contribution in [3.05, 3.63) is 66.0 Å². The standard InChI is InChI=1S/C26H24F4N4O4/c1-15(34-10-12-37-13-11-34)25(36)33-21-14-16(6-9-22(21)38-26(28,29)30)23-18(24(31)35)7-8-20(32-23)17-4-2-3-5-19(17)27/h2-9,14-15H,10-13H2,1H3,(H2,31,35)(H,33,36). The number of nitrogens with two attached hydrogens (primary N) is 1. The second-order valence-corrected chi connectivity index (χ2v) is 8.51. The first kappa shape index (κ1) is 27.0. The maximum atomic E-state index is 14.4. The lowest BCUT2D eigenvalue weighted by atomic mass is 10.0. The summed E-state index contributed by atoms with van der Waals surface area (Å²) >= 11 is 0. The minimum atomic E-state index is -5.03. The Morgan fingerprint density at radius 2 is 1.82 bits per heavy atom. The number of nitrogens with zero attached hydrogens (tertiary/aromatic N) is 2. The molecular weight excluding hydrogens is 508 g/mol. The molecule has 200 valence electrons. The number of halogens is 4. The van der Waals surface area contributed by atoms with E-state index in [0.29, 0.717) is 26.3 Å². The van der Waals surface area contributed by atoms with Crippen molar-refractivity contribution in [1.29, 1.82) is 0 Å². The summed E-state index contributed by atoms with van der Waals surface area (Å²) in [6, 6.07) is 11.4. The molecule has 12 heteroatoms. The minimum absolute atomic E-state index is 0.00598. The molecule has 8 nitrogen and oxygen atoms in total. The van der Waals surface area contributed by atoms with E-state index in [9.17, 15) is 27.2 Å². The van der Waals surface area contributed by atoms with Gasteiger partial charge in [0.05, 0.1) is 41.9 Å². The molecule has 1 aromatic heterocycles. The van der Waals surface area contributed by atoms with E-state index in [2.05, 4.69) is 15.0 Å². The van der Waals surface area contributed by atoms with Gasteiger partial charge in [0.15, 0.2) is 5.75 Å². The van der Waals surface area contributed by atoms with E-state index in [0.717, 1.165) is 6.07 Å². The molecule has 1 atom stereocenters. The summed E-state index contributed by atoms with van der Waals surface area (Å²) in [5, 5.41) is 2.49. The Bertz CT molecular complexity index is 1340. The average Bonchev–Trinajstić information content (AvgIpc) is 2.88. The van der Waals surface area contributed by atoms with Gasteiger partial charge in [-0.3, -0.25) is 14.5 Å². The summed E-state index contributed by atoms with van der Waals surface area (Å²) in [4.78, 5) is 31.3. The highest BCUT2D eigenvalue weighted by Gasteiger charge is 2.33. The predicted molar refractivity (Wildman–Crippen MR) is 131 cm³/mol. The van der Waals surface area contributed by atoms with Gasteiger partial charge in [-0.2, -0.15) is 0 Å². The highest BCUT2D eigenvalue weighted by molar-refractivity contribution is 6.00. The Labute approximate surface area is 215 Å². The molecular formula is C26H24F4N4O4. The quantitative estimate of drug-likeness (QED) is 0.442. The van der Waals surface area contributed by atoms with E-state index in [4.69, 9.17) is 10.5 Å². The van der Waals surface area contributed by atoms with Gasteiger partial charge in [0.2, 0.25) is 5.91 Å². The summed E-state index contributed by atoms with van der Waals surface area (Å²) in [5.74, 6) is -2.64. The van der Waals surface area contributed by atoms with Gasteiger partial charge >= 0.3 is 6.36 Å². The number of morpholine rings is 1. The third kappa shape index (κ3) is 6.26. The van der Waals surface area contributed by atoms with Crippen molar-refractivity contribution in [2.24, 2.45) is 5.73 Å². The van der Waals surface area contributed by atoms with Crippen molar-refractivity contribution in [2.45, 2.75) is 19.3 Å². The number of carbonyl (C=O) groups excluding carboxylic acids is 2. The van der Waals surface area contributed by atoms with Gasteiger partial charge in [0.1, 0.15) is 5.82 Å². The molecule has 2 aromatic carbocycles. The largest absolute Gasteiger partial charge is 0.573 e. The average molecular weight is 532 g/mol. The van der Waals surface area contributed by atoms with Gasteiger partial charge in [-0.05, 0) is 49.4 Å². The van der Waals surface area contributed by atoms with Crippen LogP contribution >= 0.6 is 0 Å². The fourth-order valence-corrected chi connectivity index (χ4v) is 4.05. The summed E-state index contributed by atoms with van der Waals surface area (Å²) in [6.45, 7) is 3.44. The van der Waals surface area contributed by atoms with E-state index in [1.165, 1.54) is 42.5 Å². The Morgan fingerprint density at radius 3 is 2.47 bits per heavy atom. The highest BCUT2D eigenvalue weighted by Crippen LogP contribution is 2.36. The Balaban J connectivity index is 1.76. The van der Waals surface area contributed by atoms with Crippen molar-refractivity contribution in [2.75, 3.05) is 31.6 Å². The van der Waals surface area contributed by atoms with Crippen LogP contribution < -0.4 is 15.8 Å². The van der Waals surface area contributed by atoms with Crippen LogP contribution in [0.2, 0.25) is 0 Å². The fourth-order valence-electron chi connectivity index (χ4n) is 4.05. The molecule has 0 saturated carbocycles. The molecule has 0 aliphatic carbocycles. The van der Waals surface area contributed by atoms with Crippen LogP contribution in [0.15, 0.2) is 54.6 Å². The molecule has 0 radical (unpaired) electrons. The fraction of sp³-hybridized carbons (Fsp3) is 0.269. The number of anilines is 1. The number of rotatable bonds is 7. The number of carbonyl (C=O) groups is 2. The van der Waals surface area contributed by atoms with Crippen LogP contribution in [-0.4, -0.2) is 60.4 Å². The highest BCUT2D eigenvalue weighted by atomic mass is 19.4. The zero-order valence-electron chi connectivity index (χ0n) is 20.2. The normalized spacial score (nSPS) is 15.1. The smallest absolute Gasteiger partial charge is 0.404 e. The van der Waals surface area contributed by atoms with Crippen LogP contribution in [0, 0.1) is 5.82 Å². The molecule has 4 rings (SSSR count). The third-order valence-corrected chi connectivity index (χ3v) is 6.02. The first-order valence-corrected chi connectivity index (χ1v) is 11.6. The lowest BCUT2D eigenvalue weighted by Crippen LogP contribution is -2.47. The molecule has 38 heavy (non-hydrogen) atoms. The molecule has 1 aliphatic heterocycles. The molecule has 3 N–H and O–H groups in total. The maximum Gasteiger partial charge on any atom is 0.573 e. The number of primary amides is 1. The molecule has 1 fully saturated rings. The van der Waals surface area contributed by atoms with Crippen LogP contribution in [-0.2, 0) is 9.53 Å². The van der Waals surface area contributed by atoms with E-state index < -0.39 is 35.8 Å². The maximum absolute atomic E-state index is 14.4. The summed E-state index contributed by atoms with van der Waals surface area (Å²) in [7, 11) is 0. The second kappa shape index (κ2) is 11.2. The monoisotopic (exact) mass is 532 g/mol. The van der Waals surface area contributed by atoms with Gasteiger partial charge in [0.25, 0.3) is 5.91 Å². The lowest BCUT2D eigenvalue weighted by Gasteiger charge is -2.31. The zero-order chi connectivity index (χ0) is 27.4. The van der Waals surface area contributed by atoms with E-state index in [-0.39, 0.29) is 33.8 Å². The van der Waals surface area contributed by atoms with Crippen LogP contribution in [0.25, 0.3) is 22.5 Å². The first-order chi connectivity index (χ1) is 18.0. The zero-order valence-corrected chi connectivity index (χ0v) is 20.2. The van der Waals surface area contributed by atoms with Crippen molar-refractivity contribution >= 4 is 17.5 Å².